The highest BCUT2D eigenvalue weighted by Gasteiger charge is 2.60. The van der Waals surface area contributed by atoms with Crippen LogP contribution in [-0.2, 0) is 33.3 Å². The van der Waals surface area contributed by atoms with E-state index in [1.807, 2.05) is 0 Å². The highest BCUT2D eigenvalue weighted by molar-refractivity contribution is 5.89. The molecule has 8 nitrogen and oxygen atoms in total. The molecular formula is C17H25NO7. The normalized spacial score (nSPS) is 31.6. The van der Waals surface area contributed by atoms with Gasteiger partial charge >= 0.3 is 5.97 Å². The van der Waals surface area contributed by atoms with E-state index in [-0.39, 0.29) is 13.2 Å². The van der Waals surface area contributed by atoms with Crippen LogP contribution in [0, 0.1) is 12.3 Å². The van der Waals surface area contributed by atoms with Crippen LogP contribution in [0.5, 0.6) is 0 Å². The first-order valence-electron chi connectivity index (χ1n) is 7.73. The van der Waals surface area contributed by atoms with Crippen LogP contribution in [-0.4, -0.2) is 63.0 Å². The molecule has 0 aromatic heterocycles. The summed E-state index contributed by atoms with van der Waals surface area (Å²) in [5, 5.41) is 2.46. The Kier molecular flexibility index (Phi) is 7.58. The van der Waals surface area contributed by atoms with Gasteiger partial charge in [0.25, 0.3) is 5.91 Å². The minimum Gasteiger partial charge on any atom is -0.463 e. The Hall–Kier alpha value is -1.92. The summed E-state index contributed by atoms with van der Waals surface area (Å²) in [5.41, 5.74) is 0. The molecule has 1 fully saturated rings. The molecule has 0 unspecified atom stereocenters. The van der Waals surface area contributed by atoms with E-state index in [1.54, 1.807) is 6.08 Å². The molecule has 1 aliphatic rings. The van der Waals surface area contributed by atoms with Gasteiger partial charge in [-0.15, -0.1) is 13.0 Å². The van der Waals surface area contributed by atoms with Gasteiger partial charge in [-0.1, -0.05) is 12.0 Å². The van der Waals surface area contributed by atoms with Crippen LogP contribution in [0.4, 0.5) is 0 Å². The number of rotatable bonds is 8. The molecule has 4 atom stereocenters. The van der Waals surface area contributed by atoms with E-state index < -0.39 is 35.7 Å². The summed E-state index contributed by atoms with van der Waals surface area (Å²) in [7, 11) is 2.75. The Morgan fingerprint density at radius 1 is 1.24 bits per heavy atom. The fourth-order valence-electron chi connectivity index (χ4n) is 2.22. The van der Waals surface area contributed by atoms with E-state index in [0.29, 0.717) is 6.42 Å². The molecule has 0 bridgehead atoms. The molecule has 1 aliphatic heterocycles. The zero-order valence-electron chi connectivity index (χ0n) is 15.0. The van der Waals surface area contributed by atoms with Gasteiger partial charge in [0.2, 0.25) is 11.6 Å². The van der Waals surface area contributed by atoms with Crippen molar-refractivity contribution in [2.75, 3.05) is 27.4 Å². The zero-order valence-corrected chi connectivity index (χ0v) is 15.0. The van der Waals surface area contributed by atoms with E-state index >= 15 is 0 Å². The lowest BCUT2D eigenvalue weighted by atomic mass is 10.0. The van der Waals surface area contributed by atoms with Crippen LogP contribution in [0.1, 0.15) is 20.3 Å². The van der Waals surface area contributed by atoms with Crippen molar-refractivity contribution >= 4 is 11.9 Å². The standard InChI is InChI=1S/C17H25NO7/c1-7-9-11-23-15(20)13-12(14(19)18-10-8-2)24-16(3,21-5)17(4,22-6)25-13/h2,7,12-13H,1,9-11H2,3-6H3,(H,18,19)/t12-,13-,16-,17-/m1/s1. The van der Waals surface area contributed by atoms with Gasteiger partial charge in [0.1, 0.15) is 0 Å². The van der Waals surface area contributed by atoms with Crippen molar-refractivity contribution < 1.29 is 33.3 Å². The van der Waals surface area contributed by atoms with Crippen molar-refractivity contribution in [1.29, 1.82) is 0 Å². The van der Waals surface area contributed by atoms with Gasteiger partial charge in [-0.2, -0.15) is 0 Å². The van der Waals surface area contributed by atoms with Gasteiger partial charge in [-0.25, -0.2) is 4.79 Å². The number of methoxy groups -OCH3 is 2. The van der Waals surface area contributed by atoms with Crippen LogP contribution in [0.3, 0.4) is 0 Å². The molecule has 0 aromatic carbocycles. The number of nitrogens with one attached hydrogen (secondary N) is 1. The number of terminal acetylenes is 1. The van der Waals surface area contributed by atoms with Crippen molar-refractivity contribution in [1.82, 2.24) is 5.32 Å². The van der Waals surface area contributed by atoms with Crippen LogP contribution in [0.2, 0.25) is 0 Å². The van der Waals surface area contributed by atoms with Crippen LogP contribution in [0.25, 0.3) is 0 Å². The Bertz CT molecular complexity index is 544. The van der Waals surface area contributed by atoms with E-state index in [4.69, 9.17) is 30.1 Å². The molecule has 0 aromatic rings. The third kappa shape index (κ3) is 4.58. The molecule has 0 aliphatic carbocycles. The molecule has 0 spiro atoms. The number of hydrogen-bond donors (Lipinski definition) is 1. The predicted molar refractivity (Wildman–Crippen MR) is 88.2 cm³/mol. The number of carbonyl (C=O) groups is 2. The molecule has 0 radical (unpaired) electrons. The lowest BCUT2D eigenvalue weighted by molar-refractivity contribution is -0.438. The van der Waals surface area contributed by atoms with Gasteiger partial charge in [0.05, 0.1) is 13.2 Å². The van der Waals surface area contributed by atoms with E-state index in [1.165, 1.54) is 28.1 Å². The van der Waals surface area contributed by atoms with Gasteiger partial charge in [-0.05, 0) is 20.3 Å². The van der Waals surface area contributed by atoms with E-state index in [9.17, 15) is 9.59 Å². The number of ether oxygens (including phenoxy) is 5. The van der Waals surface area contributed by atoms with Crippen molar-refractivity contribution in [3.8, 4) is 12.3 Å². The van der Waals surface area contributed by atoms with Crippen LogP contribution in [0.15, 0.2) is 12.7 Å². The molecule has 1 heterocycles. The highest BCUT2D eigenvalue weighted by Crippen LogP contribution is 2.39. The van der Waals surface area contributed by atoms with Crippen LogP contribution >= 0.6 is 0 Å². The summed E-state index contributed by atoms with van der Waals surface area (Å²) < 4.78 is 27.3. The lowest BCUT2D eigenvalue weighted by Crippen LogP contribution is -2.69. The third-order valence-electron chi connectivity index (χ3n) is 4.00. The molecule has 140 valence electrons. The first kappa shape index (κ1) is 21.1. The molecule has 1 rings (SSSR count). The molecule has 25 heavy (non-hydrogen) atoms. The molecule has 1 N–H and O–H groups in total. The van der Waals surface area contributed by atoms with Crippen LogP contribution < -0.4 is 5.32 Å². The first-order valence-corrected chi connectivity index (χ1v) is 7.73. The van der Waals surface area contributed by atoms with Crippen molar-refractivity contribution in [2.24, 2.45) is 0 Å². The third-order valence-corrected chi connectivity index (χ3v) is 4.00. The minimum atomic E-state index is -1.45. The quantitative estimate of drug-likeness (QED) is 0.291. The second-order valence-electron chi connectivity index (χ2n) is 5.54. The predicted octanol–water partition coefficient (Wildman–Crippen LogP) is 0.364. The van der Waals surface area contributed by atoms with Crippen molar-refractivity contribution in [3.05, 3.63) is 12.7 Å². The zero-order chi connectivity index (χ0) is 19.1. The maximum Gasteiger partial charge on any atom is 0.338 e. The summed E-state index contributed by atoms with van der Waals surface area (Å²) in [6.07, 6.45) is 4.53. The Morgan fingerprint density at radius 2 is 1.80 bits per heavy atom. The average molecular weight is 355 g/mol. The molecule has 8 heteroatoms. The van der Waals surface area contributed by atoms with Crippen molar-refractivity contribution in [2.45, 2.75) is 44.1 Å². The number of carbonyl (C=O) groups excluding carboxylic acids is 2. The topological polar surface area (TPSA) is 92.3 Å². The van der Waals surface area contributed by atoms with Gasteiger partial charge in [0, 0.05) is 14.2 Å². The molecule has 1 saturated heterocycles. The SMILES string of the molecule is C#CCNC(=O)[C@@H]1O[C@@](C)(OC)[C@](C)(OC)O[C@H]1C(=O)OCCC=C. The Balaban J connectivity index is 3.09. The summed E-state index contributed by atoms with van der Waals surface area (Å²) >= 11 is 0. The second kappa shape index (κ2) is 8.97. The number of amides is 1. The first-order chi connectivity index (χ1) is 11.8. The smallest absolute Gasteiger partial charge is 0.338 e. The maximum absolute atomic E-state index is 12.4. The maximum atomic E-state index is 12.4. The second-order valence-corrected chi connectivity index (χ2v) is 5.54. The highest BCUT2D eigenvalue weighted by atomic mass is 16.8. The average Bonchev–Trinajstić information content (AvgIpc) is 2.61. The fourth-order valence-corrected chi connectivity index (χ4v) is 2.22. The van der Waals surface area contributed by atoms with E-state index in [0.717, 1.165) is 0 Å². The van der Waals surface area contributed by atoms with Gasteiger partial charge in [0.15, 0.2) is 12.2 Å². The number of esters is 1. The fraction of sp³-hybridized carbons (Fsp3) is 0.647. The van der Waals surface area contributed by atoms with E-state index in [2.05, 4.69) is 17.8 Å². The van der Waals surface area contributed by atoms with Gasteiger partial charge in [-0.3, -0.25) is 4.79 Å². The Morgan fingerprint density at radius 3 is 2.28 bits per heavy atom. The minimum absolute atomic E-state index is 0.0256. The monoisotopic (exact) mass is 355 g/mol. The number of hydrogen-bond acceptors (Lipinski definition) is 7. The van der Waals surface area contributed by atoms with Gasteiger partial charge < -0.3 is 29.0 Å². The molecular weight excluding hydrogens is 330 g/mol. The lowest BCUT2D eigenvalue weighted by Gasteiger charge is -2.50. The summed E-state index contributed by atoms with van der Waals surface area (Å²) in [6, 6.07) is 0. The molecule has 1 amide bonds. The summed E-state index contributed by atoms with van der Waals surface area (Å²) in [4.78, 5) is 24.8. The van der Waals surface area contributed by atoms with Crippen molar-refractivity contribution in [3.63, 3.8) is 0 Å². The summed E-state index contributed by atoms with van der Waals surface area (Å²) in [6.45, 7) is 6.70. The Labute approximate surface area is 147 Å². The summed E-state index contributed by atoms with van der Waals surface area (Å²) in [5.74, 6) is -2.00. The largest absolute Gasteiger partial charge is 0.463 e. The molecule has 0 saturated carbocycles.